The quantitative estimate of drug-likeness (QED) is 0.197. The molecule has 3 heterocycles. The lowest BCUT2D eigenvalue weighted by Crippen LogP contribution is -2.48. The highest BCUT2D eigenvalue weighted by atomic mass is 16.3. The second-order valence-electron chi connectivity index (χ2n) is 11.6. The zero-order valence-corrected chi connectivity index (χ0v) is 25.9. The number of piperazine rings is 1. The standard InChI is InChI=1S/C32H48N8O3/c1-4-5-6-12-34-30-29-27(36-32(33)37-30)10-14-40(29)22-26-8-7-25(20-24(26)3)21-38-15-17-39(18-16-38)28(42)9-13-35-31(43)23(2)11-19-41/h7-8,10,14,20,23,41H,4-6,9,11-13,15-19,21-22H2,1-3H3,(H,35,43)(H3,33,34,36,37). The van der Waals surface area contributed by atoms with Gasteiger partial charge in [0.05, 0.1) is 5.52 Å². The first-order valence-corrected chi connectivity index (χ1v) is 15.6. The number of carbonyl (C=O) groups is 2. The molecule has 0 aliphatic carbocycles. The second kappa shape index (κ2) is 15.7. The molecule has 2 aromatic heterocycles. The van der Waals surface area contributed by atoms with Crippen LogP contribution in [0.5, 0.6) is 0 Å². The molecule has 4 rings (SSSR count). The largest absolute Gasteiger partial charge is 0.396 e. The van der Waals surface area contributed by atoms with Gasteiger partial charge in [-0.3, -0.25) is 14.5 Å². The Balaban J connectivity index is 1.29. The van der Waals surface area contributed by atoms with Crippen molar-refractivity contribution in [2.24, 2.45) is 5.92 Å². The van der Waals surface area contributed by atoms with Crippen LogP contribution in [0.1, 0.15) is 62.6 Å². The van der Waals surface area contributed by atoms with Crippen molar-refractivity contribution in [1.29, 1.82) is 0 Å². The summed E-state index contributed by atoms with van der Waals surface area (Å²) in [5, 5.41) is 15.3. The van der Waals surface area contributed by atoms with E-state index in [4.69, 9.17) is 10.8 Å². The van der Waals surface area contributed by atoms with Crippen molar-refractivity contribution in [3.05, 3.63) is 47.2 Å². The van der Waals surface area contributed by atoms with Crippen molar-refractivity contribution in [3.8, 4) is 0 Å². The van der Waals surface area contributed by atoms with Crippen LogP contribution in [0.25, 0.3) is 11.0 Å². The van der Waals surface area contributed by atoms with E-state index in [1.807, 2.05) is 11.0 Å². The smallest absolute Gasteiger partial charge is 0.224 e. The summed E-state index contributed by atoms with van der Waals surface area (Å²) in [6.07, 6.45) is 6.20. The van der Waals surface area contributed by atoms with Crippen LogP contribution in [-0.4, -0.2) is 87.1 Å². The summed E-state index contributed by atoms with van der Waals surface area (Å²) in [7, 11) is 0. The van der Waals surface area contributed by atoms with Gasteiger partial charge in [0.1, 0.15) is 5.52 Å². The van der Waals surface area contributed by atoms with Crippen molar-refractivity contribution in [3.63, 3.8) is 0 Å². The number of hydrogen-bond donors (Lipinski definition) is 4. The Morgan fingerprint density at radius 2 is 1.86 bits per heavy atom. The van der Waals surface area contributed by atoms with Gasteiger partial charge in [-0.25, -0.2) is 4.98 Å². The highest BCUT2D eigenvalue weighted by molar-refractivity contribution is 5.87. The molecule has 5 N–H and O–H groups in total. The summed E-state index contributed by atoms with van der Waals surface area (Å²) >= 11 is 0. The number of nitrogens with one attached hydrogen (secondary N) is 2. The number of nitrogens with zero attached hydrogens (tertiary/aromatic N) is 5. The van der Waals surface area contributed by atoms with E-state index in [0.717, 1.165) is 49.5 Å². The Kier molecular flexibility index (Phi) is 11.7. The number of aliphatic hydroxyl groups is 1. The summed E-state index contributed by atoms with van der Waals surface area (Å²) in [6, 6.07) is 8.66. The van der Waals surface area contributed by atoms with Crippen LogP contribution in [-0.2, 0) is 22.7 Å². The molecule has 2 amide bonds. The third-order valence-electron chi connectivity index (χ3n) is 8.23. The average molecular weight is 593 g/mol. The predicted octanol–water partition coefficient (Wildman–Crippen LogP) is 3.14. The molecule has 1 aliphatic heterocycles. The van der Waals surface area contributed by atoms with Gasteiger partial charge in [-0.05, 0) is 42.5 Å². The van der Waals surface area contributed by atoms with Gasteiger partial charge >= 0.3 is 0 Å². The Hall–Kier alpha value is -3.70. The number of aliphatic hydroxyl groups excluding tert-OH is 1. The highest BCUT2D eigenvalue weighted by Gasteiger charge is 2.22. The first-order valence-electron chi connectivity index (χ1n) is 15.6. The van der Waals surface area contributed by atoms with E-state index in [-0.39, 0.29) is 30.3 Å². The summed E-state index contributed by atoms with van der Waals surface area (Å²) in [5.74, 6) is 0.767. The van der Waals surface area contributed by atoms with Crippen LogP contribution >= 0.6 is 0 Å². The van der Waals surface area contributed by atoms with E-state index in [0.29, 0.717) is 39.0 Å². The molecule has 1 aliphatic rings. The predicted molar refractivity (Wildman–Crippen MR) is 171 cm³/mol. The van der Waals surface area contributed by atoms with Crippen molar-refractivity contribution < 1.29 is 14.7 Å². The molecule has 1 saturated heterocycles. The molecule has 11 nitrogen and oxygen atoms in total. The Bertz CT molecular complexity index is 1370. The molecule has 0 radical (unpaired) electrons. The highest BCUT2D eigenvalue weighted by Crippen LogP contribution is 2.25. The molecule has 3 aromatic rings. The average Bonchev–Trinajstić information content (AvgIpc) is 3.39. The van der Waals surface area contributed by atoms with Crippen molar-refractivity contribution in [2.45, 2.75) is 66.0 Å². The number of amides is 2. The maximum Gasteiger partial charge on any atom is 0.224 e. The van der Waals surface area contributed by atoms with Gasteiger partial charge in [-0.15, -0.1) is 0 Å². The molecular formula is C32H48N8O3. The first-order chi connectivity index (χ1) is 20.8. The minimum Gasteiger partial charge on any atom is -0.396 e. The molecule has 0 spiro atoms. The number of hydrogen-bond acceptors (Lipinski definition) is 8. The minimum absolute atomic E-state index is 0.0171. The SMILES string of the molecule is CCCCCNc1nc(N)nc2ccn(Cc3ccc(CN4CCN(C(=O)CCNC(=O)C(C)CCO)CC4)cc3C)c12. The van der Waals surface area contributed by atoms with Crippen LogP contribution in [0.3, 0.4) is 0 Å². The van der Waals surface area contributed by atoms with Crippen molar-refractivity contribution in [1.82, 2.24) is 29.7 Å². The molecule has 234 valence electrons. The minimum atomic E-state index is -0.250. The zero-order valence-electron chi connectivity index (χ0n) is 25.9. The number of rotatable bonds is 15. The number of nitrogen functional groups attached to an aromatic ring is 1. The molecule has 1 aromatic carbocycles. The lowest BCUT2D eigenvalue weighted by Gasteiger charge is -2.35. The number of fused-ring (bicyclic) bond motifs is 1. The summed E-state index contributed by atoms with van der Waals surface area (Å²) in [5.41, 5.74) is 11.5. The van der Waals surface area contributed by atoms with Crippen LogP contribution in [0, 0.1) is 12.8 Å². The van der Waals surface area contributed by atoms with Crippen LogP contribution in [0.2, 0.25) is 0 Å². The molecule has 1 unspecified atom stereocenters. The lowest BCUT2D eigenvalue weighted by molar-refractivity contribution is -0.133. The second-order valence-corrected chi connectivity index (χ2v) is 11.6. The lowest BCUT2D eigenvalue weighted by atomic mass is 10.0. The van der Waals surface area contributed by atoms with Gasteiger partial charge in [0.15, 0.2) is 5.82 Å². The number of nitrogens with two attached hydrogens (primary N) is 1. The summed E-state index contributed by atoms with van der Waals surface area (Å²) in [6.45, 7) is 11.9. The Morgan fingerprint density at radius 1 is 1.07 bits per heavy atom. The van der Waals surface area contributed by atoms with Crippen molar-refractivity contribution >= 4 is 34.6 Å². The van der Waals surface area contributed by atoms with Gasteiger partial charge in [0.25, 0.3) is 0 Å². The van der Waals surface area contributed by atoms with Gasteiger partial charge in [0, 0.05) is 77.5 Å². The number of anilines is 2. The fraction of sp³-hybridized carbons (Fsp3) is 0.562. The number of carbonyl (C=O) groups excluding carboxylic acids is 2. The fourth-order valence-corrected chi connectivity index (χ4v) is 5.54. The normalized spacial score (nSPS) is 14.7. The number of aryl methyl sites for hydroxylation is 1. The molecule has 0 saturated carbocycles. The van der Waals surface area contributed by atoms with Gasteiger partial charge in [-0.1, -0.05) is 44.9 Å². The summed E-state index contributed by atoms with van der Waals surface area (Å²) in [4.78, 5) is 37.9. The first kappa shape index (κ1) is 32.2. The number of aromatic nitrogens is 3. The van der Waals surface area contributed by atoms with Crippen molar-refractivity contribution in [2.75, 3.05) is 56.9 Å². The maximum absolute atomic E-state index is 12.6. The Morgan fingerprint density at radius 3 is 2.58 bits per heavy atom. The van der Waals surface area contributed by atoms with Crippen LogP contribution < -0.4 is 16.4 Å². The molecular weight excluding hydrogens is 544 g/mol. The fourth-order valence-electron chi connectivity index (χ4n) is 5.54. The van der Waals surface area contributed by atoms with Gasteiger partial charge in [-0.2, -0.15) is 4.98 Å². The van der Waals surface area contributed by atoms with E-state index in [1.54, 1.807) is 6.92 Å². The van der Waals surface area contributed by atoms with E-state index >= 15 is 0 Å². The molecule has 0 bridgehead atoms. The number of benzene rings is 1. The third kappa shape index (κ3) is 8.90. The van der Waals surface area contributed by atoms with E-state index < -0.39 is 0 Å². The van der Waals surface area contributed by atoms with E-state index in [9.17, 15) is 9.59 Å². The number of unbranched alkanes of at least 4 members (excludes halogenated alkanes) is 2. The molecule has 43 heavy (non-hydrogen) atoms. The molecule has 11 heteroatoms. The van der Waals surface area contributed by atoms with Gasteiger partial charge < -0.3 is 30.9 Å². The summed E-state index contributed by atoms with van der Waals surface area (Å²) < 4.78 is 2.19. The maximum atomic E-state index is 12.6. The van der Waals surface area contributed by atoms with E-state index in [2.05, 4.69) is 68.3 Å². The van der Waals surface area contributed by atoms with Crippen LogP contribution in [0.4, 0.5) is 11.8 Å². The van der Waals surface area contributed by atoms with E-state index in [1.165, 1.54) is 29.5 Å². The third-order valence-corrected chi connectivity index (χ3v) is 8.23. The topological polar surface area (TPSA) is 142 Å². The molecule has 1 atom stereocenters. The van der Waals surface area contributed by atoms with Gasteiger partial charge in [0.2, 0.25) is 17.8 Å². The van der Waals surface area contributed by atoms with Crippen LogP contribution in [0.15, 0.2) is 30.5 Å². The zero-order chi connectivity index (χ0) is 30.8. The monoisotopic (exact) mass is 592 g/mol. The molecule has 1 fully saturated rings. The Labute approximate surface area is 254 Å².